The number of hydrogen-bond donors (Lipinski definition) is 0. The van der Waals surface area contributed by atoms with E-state index in [1.54, 1.807) is 48.5 Å². The lowest BCUT2D eigenvalue weighted by molar-refractivity contribution is 0.0987. The van der Waals surface area contributed by atoms with Crippen molar-refractivity contribution >= 4 is 23.7 Å². The fourth-order valence-corrected chi connectivity index (χ4v) is 1.92. The first-order valence-electron chi connectivity index (χ1n) is 5.51. The quantitative estimate of drug-likeness (QED) is 0.476. The molecule has 0 N–H and O–H groups in total. The number of ketones is 1. The van der Waals surface area contributed by atoms with E-state index in [0.717, 1.165) is 6.29 Å². The first-order chi connectivity index (χ1) is 8.72. The lowest BCUT2D eigenvalue weighted by atomic mass is 10.0. The van der Waals surface area contributed by atoms with Gasteiger partial charge in [0.1, 0.15) is 11.7 Å². The molecule has 0 bridgehead atoms. The number of alkyl halides is 1. The van der Waals surface area contributed by atoms with E-state index in [2.05, 4.69) is 0 Å². The normalized spacial score (nSPS) is 11.8. The smallest absolute Gasteiger partial charge is 0.185 e. The van der Waals surface area contributed by atoms with Crippen molar-refractivity contribution in [1.82, 2.24) is 0 Å². The van der Waals surface area contributed by atoms with Gasteiger partial charge in [-0.15, -0.1) is 11.6 Å². The lowest BCUT2D eigenvalue weighted by Gasteiger charge is -2.09. The maximum absolute atomic E-state index is 12.1. The van der Waals surface area contributed by atoms with E-state index < -0.39 is 5.38 Å². The third kappa shape index (κ3) is 2.66. The number of rotatable bonds is 4. The minimum atomic E-state index is -0.729. The second-order valence-electron chi connectivity index (χ2n) is 3.88. The van der Waals surface area contributed by atoms with Gasteiger partial charge in [-0.05, 0) is 5.56 Å². The Labute approximate surface area is 110 Å². The van der Waals surface area contributed by atoms with Crippen molar-refractivity contribution in [3.63, 3.8) is 0 Å². The molecule has 0 aromatic heterocycles. The van der Waals surface area contributed by atoms with Crippen LogP contribution < -0.4 is 0 Å². The minimum Gasteiger partial charge on any atom is -0.298 e. The number of carbonyl (C=O) groups excluding carboxylic acids is 2. The van der Waals surface area contributed by atoms with Gasteiger partial charge in [-0.2, -0.15) is 0 Å². The molecule has 18 heavy (non-hydrogen) atoms. The third-order valence-corrected chi connectivity index (χ3v) is 3.10. The summed E-state index contributed by atoms with van der Waals surface area (Å²) in [5.74, 6) is -0.142. The monoisotopic (exact) mass is 258 g/mol. The van der Waals surface area contributed by atoms with Crippen LogP contribution in [0.3, 0.4) is 0 Å². The van der Waals surface area contributed by atoms with Crippen LogP contribution in [0, 0.1) is 0 Å². The van der Waals surface area contributed by atoms with Crippen molar-refractivity contribution < 1.29 is 9.59 Å². The first kappa shape index (κ1) is 12.5. The summed E-state index contributed by atoms with van der Waals surface area (Å²) < 4.78 is 0. The molecule has 90 valence electrons. The average Bonchev–Trinajstić information content (AvgIpc) is 2.47. The molecule has 1 atom stereocenters. The Morgan fingerprint density at radius 1 is 1.00 bits per heavy atom. The molecular formula is C15H11ClO2. The maximum Gasteiger partial charge on any atom is 0.185 e. The van der Waals surface area contributed by atoms with Crippen LogP contribution in [-0.2, 0) is 0 Å². The molecule has 3 heteroatoms. The lowest BCUT2D eigenvalue weighted by Crippen LogP contribution is -2.07. The molecule has 0 fully saturated rings. The molecule has 0 saturated carbocycles. The molecule has 0 radical (unpaired) electrons. The Morgan fingerprint density at radius 2 is 1.61 bits per heavy atom. The molecule has 0 aliphatic rings. The highest BCUT2D eigenvalue weighted by Gasteiger charge is 2.18. The molecule has 0 aliphatic carbocycles. The molecule has 2 aromatic rings. The van der Waals surface area contributed by atoms with Gasteiger partial charge in [0, 0.05) is 11.1 Å². The molecule has 2 rings (SSSR count). The van der Waals surface area contributed by atoms with Crippen LogP contribution in [0.4, 0.5) is 0 Å². The minimum absolute atomic E-state index is 0.142. The summed E-state index contributed by atoms with van der Waals surface area (Å²) in [6.45, 7) is 0. The van der Waals surface area contributed by atoms with E-state index in [1.165, 1.54) is 0 Å². The Hall–Kier alpha value is -1.93. The zero-order chi connectivity index (χ0) is 13.0. The Bertz CT molecular complexity index is 546. The van der Waals surface area contributed by atoms with Gasteiger partial charge >= 0.3 is 0 Å². The van der Waals surface area contributed by atoms with Gasteiger partial charge in [0.2, 0.25) is 0 Å². The number of aldehydes is 1. The standard InChI is InChI=1S/C15H11ClO2/c16-14(12-8-6-11(10-17)7-9-12)15(18)13-4-2-1-3-5-13/h1-10,14H. The zero-order valence-electron chi connectivity index (χ0n) is 9.55. The molecular weight excluding hydrogens is 248 g/mol. The predicted molar refractivity (Wildman–Crippen MR) is 71.2 cm³/mol. The third-order valence-electron chi connectivity index (χ3n) is 2.65. The van der Waals surface area contributed by atoms with Crippen molar-refractivity contribution in [3.8, 4) is 0 Å². The van der Waals surface area contributed by atoms with Crippen LogP contribution in [0.2, 0.25) is 0 Å². The van der Waals surface area contributed by atoms with Gasteiger partial charge in [0.15, 0.2) is 5.78 Å². The number of carbonyl (C=O) groups is 2. The van der Waals surface area contributed by atoms with Gasteiger partial charge in [0.05, 0.1) is 0 Å². The van der Waals surface area contributed by atoms with Crippen molar-refractivity contribution in [3.05, 3.63) is 71.3 Å². The highest BCUT2D eigenvalue weighted by atomic mass is 35.5. The fraction of sp³-hybridized carbons (Fsp3) is 0.0667. The fourth-order valence-electron chi connectivity index (χ4n) is 1.64. The topological polar surface area (TPSA) is 34.1 Å². The SMILES string of the molecule is O=Cc1ccc(C(Cl)C(=O)c2ccccc2)cc1. The highest BCUT2D eigenvalue weighted by molar-refractivity contribution is 6.33. The van der Waals surface area contributed by atoms with Gasteiger partial charge in [-0.1, -0.05) is 54.6 Å². The van der Waals surface area contributed by atoms with Crippen LogP contribution in [0.1, 0.15) is 31.7 Å². The van der Waals surface area contributed by atoms with Crippen LogP contribution >= 0.6 is 11.6 Å². The Kier molecular flexibility index (Phi) is 3.90. The summed E-state index contributed by atoms with van der Waals surface area (Å²) >= 11 is 6.15. The Morgan fingerprint density at radius 3 is 2.17 bits per heavy atom. The van der Waals surface area contributed by atoms with Crippen molar-refractivity contribution in [2.24, 2.45) is 0 Å². The van der Waals surface area contributed by atoms with E-state index in [9.17, 15) is 9.59 Å². The average molecular weight is 259 g/mol. The molecule has 0 saturated heterocycles. The molecule has 2 nitrogen and oxygen atoms in total. The predicted octanol–water partition coefficient (Wildman–Crippen LogP) is 3.66. The van der Waals surface area contributed by atoms with E-state index in [0.29, 0.717) is 16.7 Å². The largest absolute Gasteiger partial charge is 0.298 e. The molecule has 0 spiro atoms. The van der Waals surface area contributed by atoms with Gasteiger partial charge in [-0.25, -0.2) is 0 Å². The molecule has 2 aromatic carbocycles. The summed E-state index contributed by atoms with van der Waals surface area (Å²) in [7, 11) is 0. The van der Waals surface area contributed by atoms with Crippen molar-refractivity contribution in [2.75, 3.05) is 0 Å². The van der Waals surface area contributed by atoms with E-state index in [4.69, 9.17) is 11.6 Å². The first-order valence-corrected chi connectivity index (χ1v) is 5.94. The molecule has 0 aliphatic heterocycles. The van der Waals surface area contributed by atoms with Gasteiger partial charge in [-0.3, -0.25) is 9.59 Å². The summed E-state index contributed by atoms with van der Waals surface area (Å²) in [6.07, 6.45) is 0.756. The maximum atomic E-state index is 12.1. The summed E-state index contributed by atoms with van der Waals surface area (Å²) in [4.78, 5) is 22.6. The van der Waals surface area contributed by atoms with Gasteiger partial charge in [0.25, 0.3) is 0 Å². The molecule has 0 heterocycles. The zero-order valence-corrected chi connectivity index (χ0v) is 10.3. The second-order valence-corrected chi connectivity index (χ2v) is 4.31. The summed E-state index contributed by atoms with van der Waals surface area (Å²) in [5, 5.41) is -0.729. The van der Waals surface area contributed by atoms with E-state index >= 15 is 0 Å². The molecule has 1 unspecified atom stereocenters. The van der Waals surface area contributed by atoms with Crippen LogP contribution in [0.25, 0.3) is 0 Å². The number of benzene rings is 2. The Balaban J connectivity index is 2.22. The summed E-state index contributed by atoms with van der Waals surface area (Å²) in [6, 6.07) is 15.6. The van der Waals surface area contributed by atoms with Crippen LogP contribution in [0.5, 0.6) is 0 Å². The van der Waals surface area contributed by atoms with E-state index in [-0.39, 0.29) is 5.78 Å². The van der Waals surface area contributed by atoms with Crippen molar-refractivity contribution in [1.29, 1.82) is 0 Å². The van der Waals surface area contributed by atoms with Crippen LogP contribution in [-0.4, -0.2) is 12.1 Å². The van der Waals surface area contributed by atoms with Crippen LogP contribution in [0.15, 0.2) is 54.6 Å². The molecule has 0 amide bonds. The number of Topliss-reactive ketones (excluding diaryl/α,β-unsaturated/α-hetero) is 1. The van der Waals surface area contributed by atoms with E-state index in [1.807, 2.05) is 6.07 Å². The number of hydrogen-bond acceptors (Lipinski definition) is 2. The van der Waals surface area contributed by atoms with Crippen molar-refractivity contribution in [2.45, 2.75) is 5.38 Å². The highest BCUT2D eigenvalue weighted by Crippen LogP contribution is 2.25. The second kappa shape index (κ2) is 5.61. The summed E-state index contributed by atoms with van der Waals surface area (Å²) in [5.41, 5.74) is 1.84. The van der Waals surface area contributed by atoms with Gasteiger partial charge < -0.3 is 0 Å². The number of halogens is 1.